The van der Waals surface area contributed by atoms with E-state index in [9.17, 15) is 9.59 Å². The minimum Gasteiger partial charge on any atom is -0.480 e. The Hall–Kier alpha value is -2.30. The van der Waals surface area contributed by atoms with Crippen LogP contribution >= 0.6 is 0 Å². The van der Waals surface area contributed by atoms with E-state index >= 15 is 0 Å². The van der Waals surface area contributed by atoms with Crippen LogP contribution in [0.3, 0.4) is 0 Å². The number of aryl methyl sites for hydroxylation is 1. The SMILES string of the molecule is C=CCC(NC(=O)Nc1ccc(CC)cc1)C(=O)O. The molecule has 3 N–H and O–H groups in total. The van der Waals surface area contributed by atoms with Crippen LogP contribution in [-0.2, 0) is 11.2 Å². The van der Waals surface area contributed by atoms with Crippen LogP contribution in [-0.4, -0.2) is 23.1 Å². The largest absolute Gasteiger partial charge is 0.480 e. The van der Waals surface area contributed by atoms with Crippen LogP contribution in [0.1, 0.15) is 18.9 Å². The number of urea groups is 1. The van der Waals surface area contributed by atoms with Crippen molar-refractivity contribution >= 4 is 17.7 Å². The van der Waals surface area contributed by atoms with Crippen molar-refractivity contribution in [1.29, 1.82) is 0 Å². The number of carboxylic acids is 1. The van der Waals surface area contributed by atoms with Crippen LogP contribution in [0.5, 0.6) is 0 Å². The average molecular weight is 262 g/mol. The highest BCUT2D eigenvalue weighted by molar-refractivity contribution is 5.92. The first kappa shape index (κ1) is 14.8. The molecule has 0 saturated heterocycles. The number of benzene rings is 1. The minimum atomic E-state index is -1.09. The van der Waals surface area contributed by atoms with Gasteiger partial charge in [0.2, 0.25) is 0 Å². The number of rotatable bonds is 6. The standard InChI is InChI=1S/C14H18N2O3/c1-3-5-12(13(17)18)16-14(19)15-11-8-6-10(4-2)7-9-11/h3,6-9,12H,1,4-5H2,2H3,(H,17,18)(H2,15,16,19). The summed E-state index contributed by atoms with van der Waals surface area (Å²) in [5.41, 5.74) is 1.79. The van der Waals surface area contributed by atoms with E-state index < -0.39 is 18.0 Å². The van der Waals surface area contributed by atoms with E-state index in [0.717, 1.165) is 6.42 Å². The number of carbonyl (C=O) groups is 2. The number of nitrogens with one attached hydrogen (secondary N) is 2. The quantitative estimate of drug-likeness (QED) is 0.689. The third kappa shape index (κ3) is 4.83. The number of amides is 2. The molecule has 0 spiro atoms. The minimum absolute atomic E-state index is 0.178. The van der Waals surface area contributed by atoms with Crippen molar-refractivity contribution in [2.45, 2.75) is 25.8 Å². The summed E-state index contributed by atoms with van der Waals surface area (Å²) >= 11 is 0. The van der Waals surface area contributed by atoms with Crippen molar-refractivity contribution < 1.29 is 14.7 Å². The molecule has 5 heteroatoms. The summed E-state index contributed by atoms with van der Waals surface area (Å²) in [5.74, 6) is -1.09. The van der Waals surface area contributed by atoms with E-state index in [4.69, 9.17) is 5.11 Å². The highest BCUT2D eigenvalue weighted by atomic mass is 16.4. The molecule has 1 aromatic carbocycles. The number of aliphatic carboxylic acids is 1. The fraction of sp³-hybridized carbons (Fsp3) is 0.286. The summed E-state index contributed by atoms with van der Waals surface area (Å²) < 4.78 is 0. The lowest BCUT2D eigenvalue weighted by atomic mass is 10.1. The van der Waals surface area contributed by atoms with Gasteiger partial charge in [-0.15, -0.1) is 6.58 Å². The third-order valence-corrected chi connectivity index (χ3v) is 2.63. The molecule has 0 heterocycles. The zero-order chi connectivity index (χ0) is 14.3. The van der Waals surface area contributed by atoms with Crippen LogP contribution in [0.15, 0.2) is 36.9 Å². The zero-order valence-electron chi connectivity index (χ0n) is 10.8. The lowest BCUT2D eigenvalue weighted by Gasteiger charge is -2.13. The van der Waals surface area contributed by atoms with Gasteiger partial charge in [0.25, 0.3) is 0 Å². The van der Waals surface area contributed by atoms with Gasteiger partial charge in [-0.3, -0.25) is 0 Å². The average Bonchev–Trinajstić information content (AvgIpc) is 2.39. The first-order valence-electron chi connectivity index (χ1n) is 6.07. The molecule has 5 nitrogen and oxygen atoms in total. The maximum atomic E-state index is 11.6. The van der Waals surface area contributed by atoms with Crippen molar-refractivity contribution in [1.82, 2.24) is 5.32 Å². The molecule has 0 fully saturated rings. The molecule has 0 aromatic heterocycles. The van der Waals surface area contributed by atoms with E-state index in [-0.39, 0.29) is 6.42 Å². The molecule has 0 saturated carbocycles. The second-order valence-corrected chi connectivity index (χ2v) is 4.06. The topological polar surface area (TPSA) is 78.4 Å². The van der Waals surface area contributed by atoms with Crippen molar-refractivity contribution in [2.24, 2.45) is 0 Å². The molecule has 1 atom stereocenters. The molecule has 2 amide bonds. The van der Waals surface area contributed by atoms with Crippen LogP contribution in [0.4, 0.5) is 10.5 Å². The Kier molecular flexibility index (Phi) is 5.60. The second-order valence-electron chi connectivity index (χ2n) is 4.06. The first-order chi connectivity index (χ1) is 9.06. The Morgan fingerprint density at radius 2 is 2.00 bits per heavy atom. The van der Waals surface area contributed by atoms with E-state index in [2.05, 4.69) is 17.2 Å². The molecule has 1 rings (SSSR count). The Bertz CT molecular complexity index is 454. The smallest absolute Gasteiger partial charge is 0.326 e. The molecule has 19 heavy (non-hydrogen) atoms. The predicted octanol–water partition coefficient (Wildman–Crippen LogP) is 2.40. The van der Waals surface area contributed by atoms with Crippen LogP contribution in [0, 0.1) is 0 Å². The lowest BCUT2D eigenvalue weighted by molar-refractivity contribution is -0.139. The van der Waals surface area contributed by atoms with Gasteiger partial charge in [0, 0.05) is 5.69 Å². The number of anilines is 1. The highest BCUT2D eigenvalue weighted by Gasteiger charge is 2.17. The van der Waals surface area contributed by atoms with Gasteiger partial charge in [0.05, 0.1) is 0 Å². The fourth-order valence-electron chi connectivity index (χ4n) is 1.54. The van der Waals surface area contributed by atoms with Gasteiger partial charge in [-0.05, 0) is 30.5 Å². The van der Waals surface area contributed by atoms with Crippen LogP contribution in [0.2, 0.25) is 0 Å². The number of hydrogen-bond donors (Lipinski definition) is 3. The molecular formula is C14H18N2O3. The number of carbonyl (C=O) groups excluding carboxylic acids is 1. The van der Waals surface area contributed by atoms with Gasteiger partial charge in [0.15, 0.2) is 0 Å². The normalized spacial score (nSPS) is 11.4. The first-order valence-corrected chi connectivity index (χ1v) is 6.07. The molecule has 0 radical (unpaired) electrons. The van der Waals surface area contributed by atoms with Gasteiger partial charge in [0.1, 0.15) is 6.04 Å². The molecule has 0 aliphatic heterocycles. The molecule has 0 aliphatic carbocycles. The Labute approximate surface area is 112 Å². The molecule has 0 bridgehead atoms. The molecule has 102 valence electrons. The molecule has 1 aromatic rings. The summed E-state index contributed by atoms with van der Waals surface area (Å²) in [6.45, 7) is 5.50. The zero-order valence-corrected chi connectivity index (χ0v) is 10.8. The van der Waals surface area contributed by atoms with Crippen molar-refractivity contribution in [3.05, 3.63) is 42.5 Å². The Balaban J connectivity index is 2.57. The molecule has 1 unspecified atom stereocenters. The summed E-state index contributed by atoms with van der Waals surface area (Å²) in [5, 5.41) is 13.9. The van der Waals surface area contributed by atoms with Gasteiger partial charge in [-0.2, -0.15) is 0 Å². The maximum Gasteiger partial charge on any atom is 0.326 e. The van der Waals surface area contributed by atoms with E-state index in [1.807, 2.05) is 19.1 Å². The van der Waals surface area contributed by atoms with E-state index in [1.165, 1.54) is 11.6 Å². The van der Waals surface area contributed by atoms with Crippen molar-refractivity contribution in [3.63, 3.8) is 0 Å². The molecule has 0 aliphatic rings. The fourth-order valence-corrected chi connectivity index (χ4v) is 1.54. The summed E-state index contributed by atoms with van der Waals surface area (Å²) in [6, 6.07) is 5.87. The van der Waals surface area contributed by atoms with E-state index in [1.54, 1.807) is 12.1 Å². The Morgan fingerprint density at radius 1 is 1.37 bits per heavy atom. The third-order valence-electron chi connectivity index (χ3n) is 2.63. The highest BCUT2D eigenvalue weighted by Crippen LogP contribution is 2.09. The van der Waals surface area contributed by atoms with Crippen molar-refractivity contribution in [2.75, 3.05) is 5.32 Å². The predicted molar refractivity (Wildman–Crippen MR) is 74.2 cm³/mol. The second kappa shape index (κ2) is 7.20. The maximum absolute atomic E-state index is 11.6. The van der Waals surface area contributed by atoms with Gasteiger partial charge in [-0.1, -0.05) is 25.1 Å². The van der Waals surface area contributed by atoms with Gasteiger partial charge < -0.3 is 15.7 Å². The van der Waals surface area contributed by atoms with Crippen molar-refractivity contribution in [3.8, 4) is 0 Å². The van der Waals surface area contributed by atoms with Crippen LogP contribution < -0.4 is 10.6 Å². The number of carboxylic acid groups (broad SMARTS) is 1. The molecular weight excluding hydrogens is 244 g/mol. The lowest BCUT2D eigenvalue weighted by Crippen LogP contribution is -2.42. The summed E-state index contributed by atoms with van der Waals surface area (Å²) in [7, 11) is 0. The Morgan fingerprint density at radius 3 is 2.47 bits per heavy atom. The number of hydrogen-bond acceptors (Lipinski definition) is 2. The van der Waals surface area contributed by atoms with E-state index in [0.29, 0.717) is 5.69 Å². The van der Waals surface area contributed by atoms with Crippen LogP contribution in [0.25, 0.3) is 0 Å². The summed E-state index contributed by atoms with van der Waals surface area (Å²) in [4.78, 5) is 22.5. The monoisotopic (exact) mass is 262 g/mol. The van der Waals surface area contributed by atoms with Gasteiger partial charge in [-0.25, -0.2) is 9.59 Å². The van der Waals surface area contributed by atoms with Gasteiger partial charge >= 0.3 is 12.0 Å². The summed E-state index contributed by atoms with van der Waals surface area (Å²) in [6.07, 6.45) is 2.56.